The van der Waals surface area contributed by atoms with Crippen LogP contribution in [0.5, 0.6) is 0 Å². The Morgan fingerprint density at radius 3 is 2.86 bits per heavy atom. The average Bonchev–Trinajstić information content (AvgIpc) is 1.87. The Balaban J connectivity index is 2.40. The van der Waals surface area contributed by atoms with E-state index in [4.69, 9.17) is 5.11 Å². The monoisotopic (exact) mass is 119 g/mol. The zero-order valence-electron chi connectivity index (χ0n) is 3.55. The molecule has 1 unspecified atom stereocenters. The summed E-state index contributed by atoms with van der Waals surface area (Å²) in [5.74, 6) is 0. The maximum atomic E-state index is 8.58. The summed E-state index contributed by atoms with van der Waals surface area (Å²) in [4.78, 5) is 0. The molecule has 0 radical (unpaired) electrons. The third kappa shape index (κ3) is 1.01. The van der Waals surface area contributed by atoms with Gasteiger partial charge < -0.3 is 15.2 Å². The highest BCUT2D eigenvalue weighted by Gasteiger charge is 2.14. The summed E-state index contributed by atoms with van der Waals surface area (Å²) >= 11 is 4.50. The number of hydrogen-bond acceptors (Lipinski definition) is 3. The molecular formula is C3H5NO2S. The zero-order chi connectivity index (χ0) is 5.28. The van der Waals surface area contributed by atoms with Crippen molar-refractivity contribution in [2.75, 3.05) is 6.61 Å². The van der Waals surface area contributed by atoms with E-state index in [1.165, 1.54) is 0 Å². The van der Waals surface area contributed by atoms with Gasteiger partial charge in [-0.15, -0.1) is 0 Å². The SMILES string of the molecule is OC1COC(=S)N1. The molecule has 0 aromatic heterocycles. The molecule has 0 aromatic rings. The first kappa shape index (κ1) is 4.80. The number of rotatable bonds is 0. The first-order chi connectivity index (χ1) is 3.29. The Morgan fingerprint density at radius 1 is 2.00 bits per heavy atom. The van der Waals surface area contributed by atoms with Gasteiger partial charge in [-0.25, -0.2) is 0 Å². The molecule has 0 aliphatic carbocycles. The topological polar surface area (TPSA) is 41.5 Å². The summed E-state index contributed by atoms with van der Waals surface area (Å²) in [6, 6.07) is 0. The van der Waals surface area contributed by atoms with Crippen LogP contribution in [0.3, 0.4) is 0 Å². The van der Waals surface area contributed by atoms with Crippen molar-refractivity contribution in [3.05, 3.63) is 0 Å². The van der Waals surface area contributed by atoms with Gasteiger partial charge in [0.25, 0.3) is 5.17 Å². The molecule has 1 aliphatic rings. The minimum atomic E-state index is -0.590. The quantitative estimate of drug-likeness (QED) is 0.410. The molecule has 0 aromatic carbocycles. The van der Waals surface area contributed by atoms with Crippen LogP contribution in [0.1, 0.15) is 0 Å². The normalized spacial score (nSPS) is 29.3. The number of nitrogens with one attached hydrogen (secondary N) is 1. The second-order valence-electron chi connectivity index (χ2n) is 1.26. The highest BCUT2D eigenvalue weighted by atomic mass is 32.1. The van der Waals surface area contributed by atoms with E-state index in [0.717, 1.165) is 0 Å². The van der Waals surface area contributed by atoms with E-state index in [-0.39, 0.29) is 11.8 Å². The summed E-state index contributed by atoms with van der Waals surface area (Å²) in [6.07, 6.45) is -0.590. The Bertz CT molecular complexity index is 94.9. The van der Waals surface area contributed by atoms with Gasteiger partial charge in [-0.2, -0.15) is 0 Å². The van der Waals surface area contributed by atoms with Crippen molar-refractivity contribution in [3.63, 3.8) is 0 Å². The Hall–Kier alpha value is -0.350. The molecule has 1 heterocycles. The number of hydrogen-bond donors (Lipinski definition) is 2. The number of aliphatic hydroxyl groups excluding tert-OH is 1. The van der Waals surface area contributed by atoms with Gasteiger partial charge in [-0.1, -0.05) is 0 Å². The second kappa shape index (κ2) is 1.63. The van der Waals surface area contributed by atoms with Crippen LogP contribution in [-0.2, 0) is 4.74 Å². The minimum Gasteiger partial charge on any atom is -0.466 e. The lowest BCUT2D eigenvalue weighted by atomic mass is 10.7. The third-order valence-corrected chi connectivity index (χ3v) is 0.892. The van der Waals surface area contributed by atoms with Crippen LogP contribution in [0.4, 0.5) is 0 Å². The smallest absolute Gasteiger partial charge is 0.258 e. The summed E-state index contributed by atoms with van der Waals surface area (Å²) in [6.45, 7) is 0.277. The summed E-state index contributed by atoms with van der Waals surface area (Å²) in [5.41, 5.74) is 0. The van der Waals surface area contributed by atoms with Crippen LogP contribution in [0.2, 0.25) is 0 Å². The predicted molar refractivity (Wildman–Crippen MR) is 27.7 cm³/mol. The molecule has 1 atom stereocenters. The maximum Gasteiger partial charge on any atom is 0.258 e. The van der Waals surface area contributed by atoms with Gasteiger partial charge in [0.1, 0.15) is 6.61 Å². The Morgan fingerprint density at radius 2 is 2.71 bits per heavy atom. The number of ether oxygens (including phenoxy) is 1. The van der Waals surface area contributed by atoms with Crippen molar-refractivity contribution in [1.29, 1.82) is 0 Å². The molecule has 0 amide bonds. The number of aliphatic hydroxyl groups is 1. The number of thiocarbonyl (C=S) groups is 1. The van der Waals surface area contributed by atoms with Crippen LogP contribution in [0, 0.1) is 0 Å². The molecule has 0 saturated carbocycles. The van der Waals surface area contributed by atoms with Crippen molar-refractivity contribution in [3.8, 4) is 0 Å². The third-order valence-electron chi connectivity index (χ3n) is 0.657. The molecule has 1 fully saturated rings. The lowest BCUT2D eigenvalue weighted by Crippen LogP contribution is -2.24. The first-order valence-electron chi connectivity index (χ1n) is 1.90. The van der Waals surface area contributed by atoms with Crippen molar-refractivity contribution >= 4 is 17.4 Å². The molecule has 1 saturated heterocycles. The van der Waals surface area contributed by atoms with E-state index in [1.807, 2.05) is 0 Å². The summed E-state index contributed by atoms with van der Waals surface area (Å²) in [5, 5.41) is 11.3. The molecule has 2 N–H and O–H groups in total. The highest BCUT2D eigenvalue weighted by Crippen LogP contribution is 1.91. The van der Waals surface area contributed by atoms with Gasteiger partial charge in [0.2, 0.25) is 0 Å². The standard InChI is InChI=1S/C3H5NO2S/c5-2-1-6-3(7)4-2/h2,5H,1H2,(H,4,7). The van der Waals surface area contributed by atoms with E-state index in [1.54, 1.807) is 0 Å². The maximum absolute atomic E-state index is 8.58. The minimum absolute atomic E-state index is 0.277. The van der Waals surface area contributed by atoms with Crippen molar-refractivity contribution < 1.29 is 9.84 Å². The Kier molecular flexibility index (Phi) is 1.12. The molecule has 40 valence electrons. The molecular weight excluding hydrogens is 114 g/mol. The van der Waals surface area contributed by atoms with Crippen LogP contribution >= 0.6 is 12.2 Å². The molecule has 0 spiro atoms. The fraction of sp³-hybridized carbons (Fsp3) is 0.667. The van der Waals surface area contributed by atoms with Gasteiger partial charge >= 0.3 is 0 Å². The van der Waals surface area contributed by atoms with E-state index >= 15 is 0 Å². The van der Waals surface area contributed by atoms with Crippen LogP contribution in [0.25, 0.3) is 0 Å². The van der Waals surface area contributed by atoms with E-state index < -0.39 is 6.23 Å². The van der Waals surface area contributed by atoms with Gasteiger partial charge in [-0.05, 0) is 12.2 Å². The second-order valence-corrected chi connectivity index (χ2v) is 1.63. The molecule has 3 nitrogen and oxygen atoms in total. The van der Waals surface area contributed by atoms with E-state index in [2.05, 4.69) is 22.3 Å². The molecule has 0 bridgehead atoms. The zero-order valence-corrected chi connectivity index (χ0v) is 4.36. The van der Waals surface area contributed by atoms with Crippen LogP contribution in [0.15, 0.2) is 0 Å². The molecule has 1 rings (SSSR count). The largest absolute Gasteiger partial charge is 0.466 e. The molecule has 1 aliphatic heterocycles. The van der Waals surface area contributed by atoms with Crippen molar-refractivity contribution in [2.24, 2.45) is 0 Å². The van der Waals surface area contributed by atoms with E-state index in [0.29, 0.717) is 0 Å². The van der Waals surface area contributed by atoms with Gasteiger partial charge in [0.05, 0.1) is 0 Å². The fourth-order valence-electron chi connectivity index (χ4n) is 0.374. The van der Waals surface area contributed by atoms with Gasteiger partial charge in [-0.3, -0.25) is 0 Å². The van der Waals surface area contributed by atoms with Gasteiger partial charge in [0.15, 0.2) is 6.23 Å². The molecule has 4 heteroatoms. The summed E-state index contributed by atoms with van der Waals surface area (Å²) in [7, 11) is 0. The predicted octanol–water partition coefficient (Wildman–Crippen LogP) is -0.790. The van der Waals surface area contributed by atoms with Crippen LogP contribution < -0.4 is 5.32 Å². The average molecular weight is 119 g/mol. The Labute approximate surface area is 46.3 Å². The van der Waals surface area contributed by atoms with E-state index in [9.17, 15) is 0 Å². The van der Waals surface area contributed by atoms with Gasteiger partial charge in [0, 0.05) is 0 Å². The highest BCUT2D eigenvalue weighted by molar-refractivity contribution is 7.80. The first-order valence-corrected chi connectivity index (χ1v) is 2.31. The lowest BCUT2D eigenvalue weighted by Gasteiger charge is -1.91. The van der Waals surface area contributed by atoms with Crippen molar-refractivity contribution in [2.45, 2.75) is 6.23 Å². The fourth-order valence-corrected chi connectivity index (χ4v) is 0.578. The van der Waals surface area contributed by atoms with Crippen LogP contribution in [-0.4, -0.2) is 23.1 Å². The van der Waals surface area contributed by atoms with Crippen molar-refractivity contribution in [1.82, 2.24) is 5.32 Å². The summed E-state index contributed by atoms with van der Waals surface area (Å²) < 4.78 is 4.64. The molecule has 7 heavy (non-hydrogen) atoms. The lowest BCUT2D eigenvalue weighted by molar-refractivity contribution is 0.136.